The molecule has 4 aromatic rings. The van der Waals surface area contributed by atoms with E-state index in [4.69, 9.17) is 18.6 Å². The second kappa shape index (κ2) is 15.1. The van der Waals surface area contributed by atoms with Gasteiger partial charge in [0.15, 0.2) is 0 Å². The van der Waals surface area contributed by atoms with Gasteiger partial charge in [-0.2, -0.15) is 12.1 Å². The Kier molecular flexibility index (Phi) is 13.8. The van der Waals surface area contributed by atoms with Crippen LogP contribution in [0, 0.1) is 27.7 Å². The summed E-state index contributed by atoms with van der Waals surface area (Å²) in [5.74, 6) is 0. The molecule has 0 aliphatic heterocycles. The van der Waals surface area contributed by atoms with E-state index in [1.807, 2.05) is 0 Å². The number of benzene rings is 2. The molecule has 0 amide bonds. The molecule has 0 atom stereocenters. The maximum atomic E-state index is 4.89. The number of hydrogen-bond donors (Lipinski definition) is 0. The van der Waals surface area contributed by atoms with Crippen molar-refractivity contribution in [2.75, 3.05) is 0 Å². The molecule has 4 rings (SSSR count). The average Bonchev–Trinajstić information content (AvgIpc) is 3.41. The summed E-state index contributed by atoms with van der Waals surface area (Å²) >= 11 is -0.556. The fraction of sp³-hybridized carbons (Fsp3) is 0.357. The molecule has 0 spiro atoms. The van der Waals surface area contributed by atoms with E-state index in [0.717, 1.165) is 22.4 Å². The van der Waals surface area contributed by atoms with Crippen LogP contribution in [0.4, 0.5) is 0 Å². The molecule has 0 heterocycles. The molecule has 32 heavy (non-hydrogen) atoms. The molecule has 0 aliphatic rings. The SMILES string of the molecule is CCc1cc2c(C)ccc(C)c2[cH-]1.CCc1cc2c(C)ccc(C)c2[cH-]1.C[Si]C.[Cl][Ti][Cl]. The van der Waals surface area contributed by atoms with E-state index in [1.54, 1.807) is 0 Å². The summed E-state index contributed by atoms with van der Waals surface area (Å²) in [4.78, 5) is 0. The first kappa shape index (κ1) is 29.2. The van der Waals surface area contributed by atoms with Gasteiger partial charge in [-0.05, 0) is 26.7 Å². The van der Waals surface area contributed by atoms with Crippen LogP contribution in [-0.2, 0) is 29.9 Å². The fourth-order valence-corrected chi connectivity index (χ4v) is 3.71. The maximum absolute atomic E-state index is 4.89. The third kappa shape index (κ3) is 8.19. The van der Waals surface area contributed by atoms with E-state index < -0.39 is 17.0 Å². The average molecular weight is 519 g/mol. The van der Waals surface area contributed by atoms with E-state index in [1.165, 1.54) is 54.9 Å². The zero-order chi connectivity index (χ0) is 24.3. The number of aryl methyl sites for hydroxylation is 6. The van der Waals surface area contributed by atoms with Crippen LogP contribution in [-0.4, -0.2) is 9.52 Å². The monoisotopic (exact) mass is 518 g/mol. The van der Waals surface area contributed by atoms with Crippen molar-refractivity contribution in [1.29, 1.82) is 0 Å². The van der Waals surface area contributed by atoms with Gasteiger partial charge in [0.05, 0.1) is 0 Å². The summed E-state index contributed by atoms with van der Waals surface area (Å²) in [5, 5.41) is 5.71. The Balaban J connectivity index is 0.000000258. The van der Waals surface area contributed by atoms with Gasteiger partial charge in [-0.1, -0.05) is 64.0 Å². The quantitative estimate of drug-likeness (QED) is 0.183. The van der Waals surface area contributed by atoms with Crippen LogP contribution in [0.5, 0.6) is 0 Å². The van der Waals surface area contributed by atoms with Gasteiger partial charge < -0.3 is 0 Å². The Morgan fingerprint density at radius 1 is 0.688 bits per heavy atom. The molecule has 0 aliphatic carbocycles. The first-order valence-corrected chi connectivity index (χ1v) is 17.4. The Bertz CT molecular complexity index is 926. The third-order valence-electron chi connectivity index (χ3n) is 5.58. The molecular formula is C28H36Cl2SiTi-2. The van der Waals surface area contributed by atoms with Crippen molar-refractivity contribution >= 4 is 49.7 Å². The second-order valence-corrected chi connectivity index (χ2v) is 11.6. The van der Waals surface area contributed by atoms with Crippen LogP contribution < -0.4 is 0 Å². The molecule has 2 radical (unpaired) electrons. The van der Waals surface area contributed by atoms with Gasteiger partial charge in [0.1, 0.15) is 0 Å². The van der Waals surface area contributed by atoms with Gasteiger partial charge in [0.2, 0.25) is 0 Å². The predicted octanol–water partition coefficient (Wildman–Crippen LogP) is 9.64. The number of fused-ring (bicyclic) bond motifs is 2. The van der Waals surface area contributed by atoms with E-state index in [0.29, 0.717) is 0 Å². The summed E-state index contributed by atoms with van der Waals surface area (Å²) < 4.78 is 0. The van der Waals surface area contributed by atoms with Crippen molar-refractivity contribution in [3.63, 3.8) is 0 Å². The molecule has 0 bridgehead atoms. The Morgan fingerprint density at radius 3 is 1.22 bits per heavy atom. The van der Waals surface area contributed by atoms with Crippen molar-refractivity contribution in [1.82, 2.24) is 0 Å². The molecule has 4 aromatic carbocycles. The normalized spacial score (nSPS) is 9.94. The summed E-state index contributed by atoms with van der Waals surface area (Å²) in [7, 11) is 10.9. The first-order valence-electron chi connectivity index (χ1n) is 11.1. The molecule has 0 nitrogen and oxygen atoms in total. The molecule has 0 saturated heterocycles. The van der Waals surface area contributed by atoms with Gasteiger partial charge in [-0.3, -0.25) is 0 Å². The van der Waals surface area contributed by atoms with Crippen molar-refractivity contribution in [2.24, 2.45) is 0 Å². The molecule has 0 fully saturated rings. The van der Waals surface area contributed by atoms with Crippen LogP contribution in [0.25, 0.3) is 21.5 Å². The third-order valence-corrected chi connectivity index (χ3v) is 5.58. The van der Waals surface area contributed by atoms with Crippen LogP contribution in [0.1, 0.15) is 47.2 Å². The summed E-state index contributed by atoms with van der Waals surface area (Å²) in [6.45, 7) is 17.4. The summed E-state index contributed by atoms with van der Waals surface area (Å²) in [6.07, 6.45) is 2.26. The van der Waals surface area contributed by atoms with Gasteiger partial charge in [-0.15, -0.1) is 68.1 Å². The topological polar surface area (TPSA) is 0 Å². The fourth-order valence-electron chi connectivity index (χ4n) is 3.71. The molecule has 0 unspecified atom stereocenters. The molecule has 0 N–H and O–H groups in total. The minimum atomic E-state index is -0.556. The van der Waals surface area contributed by atoms with Crippen LogP contribution >= 0.6 is 18.6 Å². The van der Waals surface area contributed by atoms with Gasteiger partial charge in [0.25, 0.3) is 0 Å². The number of rotatable bonds is 2. The summed E-state index contributed by atoms with van der Waals surface area (Å²) in [6, 6.07) is 18.1. The predicted molar refractivity (Wildman–Crippen MR) is 146 cm³/mol. The molecule has 172 valence electrons. The molecule has 4 heteroatoms. The van der Waals surface area contributed by atoms with Gasteiger partial charge in [0, 0.05) is 9.52 Å². The van der Waals surface area contributed by atoms with Gasteiger partial charge in [-0.25, -0.2) is 0 Å². The summed E-state index contributed by atoms with van der Waals surface area (Å²) in [5.41, 5.74) is 8.46. The van der Waals surface area contributed by atoms with Crippen molar-refractivity contribution in [2.45, 2.75) is 67.5 Å². The van der Waals surface area contributed by atoms with Crippen molar-refractivity contribution in [3.05, 3.63) is 81.9 Å². The number of hydrogen-bond acceptors (Lipinski definition) is 0. The Hall–Kier alpha value is -0.829. The van der Waals surface area contributed by atoms with Crippen LogP contribution in [0.3, 0.4) is 0 Å². The van der Waals surface area contributed by atoms with Gasteiger partial charge >= 0.3 is 35.6 Å². The minimum absolute atomic E-state index is 0.556. The molecule has 0 saturated carbocycles. The van der Waals surface area contributed by atoms with E-state index in [-0.39, 0.29) is 0 Å². The van der Waals surface area contributed by atoms with Crippen molar-refractivity contribution < 1.29 is 17.0 Å². The van der Waals surface area contributed by atoms with Crippen molar-refractivity contribution in [3.8, 4) is 0 Å². The van der Waals surface area contributed by atoms with E-state index >= 15 is 0 Å². The molecule has 0 aromatic heterocycles. The Labute approximate surface area is 214 Å². The van der Waals surface area contributed by atoms with E-state index in [2.05, 4.69) is 103 Å². The standard InChI is InChI=1S/2C13H15.C2H6Si.2ClH.Ti/c2*1-4-11-7-12-9(2)5-6-10(3)13(12)8-11;1-3-2;;;/h2*5-8H,4H2,1-3H3;1-2H3;2*1H;/q2*-1;;;;+2/p-2. The van der Waals surface area contributed by atoms with E-state index in [9.17, 15) is 0 Å². The zero-order valence-corrected chi connectivity index (χ0v) is 24.9. The second-order valence-electron chi connectivity index (χ2n) is 8.06. The van der Waals surface area contributed by atoms with Crippen LogP contribution in [0.15, 0.2) is 48.5 Å². The first-order chi connectivity index (χ1) is 15.3. The molecular weight excluding hydrogens is 483 g/mol. The Morgan fingerprint density at radius 2 is 0.969 bits per heavy atom. The number of halogens is 2. The van der Waals surface area contributed by atoms with Crippen LogP contribution in [0.2, 0.25) is 13.1 Å². The zero-order valence-electron chi connectivity index (χ0n) is 20.8.